The number of rotatable bonds is 5. The number of amides is 1. The van der Waals surface area contributed by atoms with Crippen molar-refractivity contribution < 1.29 is 26.7 Å². The molecule has 1 aromatic rings. The number of piperidine rings is 1. The van der Waals surface area contributed by atoms with Crippen LogP contribution in [0.1, 0.15) is 36.8 Å². The zero-order valence-electron chi connectivity index (χ0n) is 13.9. The number of benzene rings is 1. The quantitative estimate of drug-likeness (QED) is 0.778. The topological polar surface area (TPSA) is 41.1 Å². The van der Waals surface area contributed by atoms with E-state index in [0.717, 1.165) is 25.7 Å². The van der Waals surface area contributed by atoms with E-state index in [0.29, 0.717) is 18.0 Å². The zero-order valence-corrected chi connectivity index (χ0v) is 13.9. The fourth-order valence-electron chi connectivity index (χ4n) is 3.84. The van der Waals surface area contributed by atoms with Gasteiger partial charge in [0.25, 0.3) is 0 Å². The van der Waals surface area contributed by atoms with E-state index in [-0.39, 0.29) is 35.9 Å². The minimum Gasteiger partial charge on any atom is -0.351 e. The Labute approximate surface area is 147 Å². The van der Waals surface area contributed by atoms with Crippen molar-refractivity contribution in [2.75, 3.05) is 0 Å². The summed E-state index contributed by atoms with van der Waals surface area (Å²) in [5.41, 5.74) is -1.75. The summed E-state index contributed by atoms with van der Waals surface area (Å²) in [4.78, 5) is 12.4. The second-order valence-corrected chi connectivity index (χ2v) is 7.64. The van der Waals surface area contributed by atoms with E-state index in [4.69, 9.17) is 0 Å². The number of nitrogens with one attached hydrogen (secondary N) is 2. The maximum absolute atomic E-state index is 14.1. The third-order valence-corrected chi connectivity index (χ3v) is 5.59. The Morgan fingerprint density at radius 1 is 1.19 bits per heavy atom. The summed E-state index contributed by atoms with van der Waals surface area (Å²) < 4.78 is 65.9. The van der Waals surface area contributed by atoms with Gasteiger partial charge in [-0.25, -0.2) is 8.78 Å². The monoisotopic (exact) mass is 374 g/mol. The Bertz CT molecular complexity index is 721. The molecule has 1 amide bonds. The molecule has 4 atom stereocenters. The predicted molar refractivity (Wildman–Crippen MR) is 83.2 cm³/mol. The molecule has 0 spiro atoms. The maximum atomic E-state index is 14.1. The molecule has 26 heavy (non-hydrogen) atoms. The molecular weight excluding hydrogens is 355 g/mol. The van der Waals surface area contributed by atoms with Crippen molar-refractivity contribution in [3.8, 4) is 0 Å². The second-order valence-electron chi connectivity index (χ2n) is 7.64. The van der Waals surface area contributed by atoms with Crippen molar-refractivity contribution in [1.29, 1.82) is 0 Å². The van der Waals surface area contributed by atoms with Crippen molar-refractivity contribution in [2.45, 2.75) is 56.4 Å². The number of alkyl halides is 3. The first kappa shape index (κ1) is 17.7. The largest absolute Gasteiger partial charge is 0.419 e. The SMILES string of the molecule is O=C(NC(Cc1cc(F)c(C(F)(F)F)cc1F)C1CC1)[C@H]1C[C@H]2C[C@H]2N1. The van der Waals surface area contributed by atoms with Crippen LogP contribution in [0.3, 0.4) is 0 Å². The molecule has 1 aromatic carbocycles. The summed E-state index contributed by atoms with van der Waals surface area (Å²) in [5.74, 6) is -2.06. The maximum Gasteiger partial charge on any atom is 0.419 e. The van der Waals surface area contributed by atoms with Crippen LogP contribution in [0.4, 0.5) is 22.0 Å². The van der Waals surface area contributed by atoms with E-state index in [1.165, 1.54) is 0 Å². The van der Waals surface area contributed by atoms with Crippen LogP contribution in [0.2, 0.25) is 0 Å². The molecule has 3 aliphatic rings. The van der Waals surface area contributed by atoms with Crippen LogP contribution < -0.4 is 10.6 Å². The molecule has 2 aliphatic carbocycles. The molecule has 8 heteroatoms. The van der Waals surface area contributed by atoms with E-state index >= 15 is 0 Å². The zero-order chi connectivity index (χ0) is 18.6. The lowest BCUT2D eigenvalue weighted by Gasteiger charge is -2.22. The van der Waals surface area contributed by atoms with E-state index in [9.17, 15) is 26.7 Å². The highest BCUT2D eigenvalue weighted by Crippen LogP contribution is 2.41. The van der Waals surface area contributed by atoms with E-state index in [1.807, 2.05) is 0 Å². The standard InChI is InChI=1S/C18H19F5N2O/c19-12-7-11(18(21,22)23)13(20)3-9(12)4-14(8-1-2-8)25-17(26)16-6-10-5-15(10)24-16/h3,7-8,10,14-16,24H,1-2,4-6H2,(H,25,26)/t10-,14?,15-,16-/m1/s1. The van der Waals surface area contributed by atoms with Crippen molar-refractivity contribution >= 4 is 5.91 Å². The van der Waals surface area contributed by atoms with Gasteiger partial charge >= 0.3 is 6.18 Å². The summed E-state index contributed by atoms with van der Waals surface area (Å²) in [5, 5.41) is 6.12. The molecule has 0 bridgehead atoms. The van der Waals surface area contributed by atoms with Crippen LogP contribution in [-0.2, 0) is 17.4 Å². The fraction of sp³-hybridized carbons (Fsp3) is 0.611. The molecule has 4 rings (SSSR count). The second kappa shape index (κ2) is 6.18. The van der Waals surface area contributed by atoms with Gasteiger partial charge in [-0.15, -0.1) is 0 Å². The van der Waals surface area contributed by atoms with Gasteiger partial charge in [-0.1, -0.05) is 0 Å². The van der Waals surface area contributed by atoms with E-state index in [2.05, 4.69) is 10.6 Å². The molecule has 3 fully saturated rings. The van der Waals surface area contributed by atoms with Crippen LogP contribution in [0.25, 0.3) is 0 Å². The number of fused-ring (bicyclic) bond motifs is 1. The number of halogens is 5. The van der Waals surface area contributed by atoms with Gasteiger partial charge in [0.15, 0.2) is 0 Å². The van der Waals surface area contributed by atoms with Crippen molar-refractivity contribution in [2.24, 2.45) is 11.8 Å². The lowest BCUT2D eigenvalue weighted by atomic mass is 9.99. The van der Waals surface area contributed by atoms with Gasteiger partial charge in [-0.05, 0) is 61.6 Å². The molecule has 142 valence electrons. The average molecular weight is 374 g/mol. The molecule has 1 aliphatic heterocycles. The minimum atomic E-state index is -4.94. The Morgan fingerprint density at radius 2 is 1.92 bits per heavy atom. The fourth-order valence-corrected chi connectivity index (χ4v) is 3.84. The minimum absolute atomic E-state index is 0.0170. The predicted octanol–water partition coefficient (Wildman–Crippen LogP) is 3.17. The summed E-state index contributed by atoms with van der Waals surface area (Å²) in [6.07, 6.45) is -1.37. The summed E-state index contributed by atoms with van der Waals surface area (Å²) >= 11 is 0. The first-order valence-corrected chi connectivity index (χ1v) is 8.84. The molecule has 1 unspecified atom stereocenters. The third-order valence-electron chi connectivity index (χ3n) is 5.59. The molecule has 1 heterocycles. The number of hydrogen-bond acceptors (Lipinski definition) is 2. The van der Waals surface area contributed by atoms with Crippen LogP contribution in [-0.4, -0.2) is 24.0 Å². The third kappa shape index (κ3) is 3.56. The van der Waals surface area contributed by atoms with E-state index < -0.39 is 29.4 Å². The number of carbonyl (C=O) groups excluding carboxylic acids is 1. The highest BCUT2D eigenvalue weighted by molar-refractivity contribution is 5.82. The first-order chi connectivity index (χ1) is 12.2. The van der Waals surface area contributed by atoms with Gasteiger partial charge in [-0.2, -0.15) is 13.2 Å². The van der Waals surface area contributed by atoms with Gasteiger partial charge in [0, 0.05) is 12.1 Å². The molecule has 0 aromatic heterocycles. The van der Waals surface area contributed by atoms with Gasteiger partial charge in [0.05, 0.1) is 11.6 Å². The highest BCUT2D eigenvalue weighted by atomic mass is 19.4. The summed E-state index contributed by atoms with van der Waals surface area (Å²) in [7, 11) is 0. The van der Waals surface area contributed by atoms with Gasteiger partial charge in [-0.3, -0.25) is 4.79 Å². The molecule has 3 nitrogen and oxygen atoms in total. The van der Waals surface area contributed by atoms with E-state index in [1.54, 1.807) is 0 Å². The highest BCUT2D eigenvalue weighted by Gasteiger charge is 2.48. The van der Waals surface area contributed by atoms with Crippen LogP contribution in [0.15, 0.2) is 12.1 Å². The molecular formula is C18H19F5N2O. The average Bonchev–Trinajstić information content (AvgIpc) is 3.48. The smallest absolute Gasteiger partial charge is 0.351 e. The Balaban J connectivity index is 1.46. The van der Waals surface area contributed by atoms with Crippen LogP contribution in [0, 0.1) is 23.5 Å². The Morgan fingerprint density at radius 3 is 2.50 bits per heavy atom. The van der Waals surface area contributed by atoms with Crippen molar-refractivity contribution in [3.05, 3.63) is 34.9 Å². The van der Waals surface area contributed by atoms with Crippen molar-refractivity contribution in [1.82, 2.24) is 10.6 Å². The summed E-state index contributed by atoms with van der Waals surface area (Å²) in [6, 6.07) is 0.540. The number of hydrogen-bond donors (Lipinski definition) is 2. The van der Waals surface area contributed by atoms with Crippen LogP contribution in [0.5, 0.6) is 0 Å². The molecule has 0 radical (unpaired) electrons. The molecule has 2 saturated carbocycles. The lowest BCUT2D eigenvalue weighted by molar-refractivity contribution is -0.140. The summed E-state index contributed by atoms with van der Waals surface area (Å²) in [6.45, 7) is 0. The first-order valence-electron chi connectivity index (χ1n) is 8.84. The Kier molecular flexibility index (Phi) is 4.21. The normalized spacial score (nSPS) is 28.6. The Hall–Kier alpha value is -1.70. The molecule has 2 N–H and O–H groups in total. The van der Waals surface area contributed by atoms with Gasteiger partial charge in [0.2, 0.25) is 5.91 Å². The lowest BCUT2D eigenvalue weighted by Crippen LogP contribution is -2.48. The van der Waals surface area contributed by atoms with Gasteiger partial charge in [0.1, 0.15) is 11.6 Å². The van der Waals surface area contributed by atoms with Crippen LogP contribution >= 0.6 is 0 Å². The van der Waals surface area contributed by atoms with Crippen molar-refractivity contribution in [3.63, 3.8) is 0 Å². The number of carbonyl (C=O) groups is 1. The van der Waals surface area contributed by atoms with Gasteiger partial charge < -0.3 is 10.6 Å². The molecule has 1 saturated heterocycles.